The number of carbonyl (C=O) groups excluding carboxylic acids is 2. The van der Waals surface area contributed by atoms with Crippen molar-refractivity contribution in [3.63, 3.8) is 0 Å². The third-order valence-corrected chi connectivity index (χ3v) is 3.08. The van der Waals surface area contributed by atoms with Crippen molar-refractivity contribution in [1.82, 2.24) is 5.32 Å². The maximum atomic E-state index is 11.4. The monoisotopic (exact) mass is 255 g/mol. The van der Waals surface area contributed by atoms with Crippen molar-refractivity contribution in [3.8, 4) is 0 Å². The Kier molecular flexibility index (Phi) is 13.5. The van der Waals surface area contributed by atoms with Gasteiger partial charge in [-0.05, 0) is 12.8 Å². The first kappa shape index (κ1) is 17.1. The van der Waals surface area contributed by atoms with Crippen LogP contribution in [0.15, 0.2) is 0 Å². The van der Waals surface area contributed by atoms with Crippen molar-refractivity contribution in [2.24, 2.45) is 0 Å². The second-order valence-electron chi connectivity index (χ2n) is 4.88. The minimum atomic E-state index is 0.131. The smallest absolute Gasteiger partial charge is 0.219 e. The Morgan fingerprint density at radius 3 is 2.17 bits per heavy atom. The summed E-state index contributed by atoms with van der Waals surface area (Å²) in [4.78, 5) is 21.5. The van der Waals surface area contributed by atoms with Crippen LogP contribution in [0.3, 0.4) is 0 Å². The summed E-state index contributed by atoms with van der Waals surface area (Å²) < 4.78 is 0. The van der Waals surface area contributed by atoms with E-state index >= 15 is 0 Å². The number of nitrogens with one attached hydrogen (secondary N) is 1. The maximum Gasteiger partial charge on any atom is 0.219 e. The van der Waals surface area contributed by atoms with E-state index in [4.69, 9.17) is 0 Å². The molecule has 0 aliphatic carbocycles. The Morgan fingerprint density at radius 1 is 0.944 bits per heavy atom. The molecule has 0 rings (SSSR count). The Labute approximate surface area is 112 Å². The van der Waals surface area contributed by atoms with E-state index in [1.165, 1.54) is 38.5 Å². The lowest BCUT2D eigenvalue weighted by atomic mass is 10.1. The maximum absolute atomic E-state index is 11.4. The van der Waals surface area contributed by atoms with Gasteiger partial charge in [0.05, 0.1) is 0 Å². The van der Waals surface area contributed by atoms with Crippen molar-refractivity contribution in [3.05, 3.63) is 0 Å². The third kappa shape index (κ3) is 13.2. The van der Waals surface area contributed by atoms with E-state index in [9.17, 15) is 9.59 Å². The van der Waals surface area contributed by atoms with Crippen LogP contribution in [-0.4, -0.2) is 18.7 Å². The van der Waals surface area contributed by atoms with Crippen molar-refractivity contribution in [1.29, 1.82) is 0 Å². The zero-order chi connectivity index (χ0) is 13.5. The first-order valence-corrected chi connectivity index (χ1v) is 7.51. The molecule has 0 saturated carbocycles. The fourth-order valence-corrected chi connectivity index (χ4v) is 1.92. The third-order valence-electron chi connectivity index (χ3n) is 3.08. The Hall–Kier alpha value is -0.860. The Morgan fingerprint density at radius 2 is 1.56 bits per heavy atom. The van der Waals surface area contributed by atoms with E-state index in [0.29, 0.717) is 19.4 Å². The number of amides is 1. The molecule has 0 bridgehead atoms. The van der Waals surface area contributed by atoms with Crippen molar-refractivity contribution in [2.45, 2.75) is 77.6 Å². The summed E-state index contributed by atoms with van der Waals surface area (Å²) in [6, 6.07) is 0. The van der Waals surface area contributed by atoms with Crippen LogP contribution in [0.4, 0.5) is 0 Å². The van der Waals surface area contributed by atoms with Crippen LogP contribution in [0.1, 0.15) is 77.6 Å². The van der Waals surface area contributed by atoms with Crippen LogP contribution in [-0.2, 0) is 9.59 Å². The van der Waals surface area contributed by atoms with E-state index in [1.807, 2.05) is 0 Å². The molecular formula is C15H29NO2. The topological polar surface area (TPSA) is 46.2 Å². The highest BCUT2D eigenvalue weighted by atomic mass is 16.1. The summed E-state index contributed by atoms with van der Waals surface area (Å²) in [5.41, 5.74) is 0. The fraction of sp³-hybridized carbons (Fsp3) is 0.867. The van der Waals surface area contributed by atoms with Gasteiger partial charge in [0, 0.05) is 19.4 Å². The molecule has 18 heavy (non-hydrogen) atoms. The fourth-order valence-electron chi connectivity index (χ4n) is 1.92. The number of hydrogen-bond donors (Lipinski definition) is 1. The van der Waals surface area contributed by atoms with Crippen LogP contribution in [0.5, 0.6) is 0 Å². The highest BCUT2D eigenvalue weighted by Gasteiger charge is 1.99. The molecule has 1 N–H and O–H groups in total. The van der Waals surface area contributed by atoms with Crippen molar-refractivity contribution < 1.29 is 9.59 Å². The van der Waals surface area contributed by atoms with E-state index in [1.54, 1.807) is 0 Å². The molecule has 0 saturated heterocycles. The summed E-state index contributed by atoms with van der Waals surface area (Å²) in [6.45, 7) is 2.86. The lowest BCUT2D eigenvalue weighted by molar-refractivity contribution is -0.121. The van der Waals surface area contributed by atoms with Gasteiger partial charge in [-0.2, -0.15) is 0 Å². The molecule has 0 fully saturated rings. The molecule has 0 aliphatic rings. The van der Waals surface area contributed by atoms with Gasteiger partial charge < -0.3 is 10.1 Å². The van der Waals surface area contributed by atoms with Gasteiger partial charge in [-0.15, -0.1) is 0 Å². The number of unbranched alkanes of at least 4 members (excludes halogenated alkanes) is 8. The molecule has 0 heterocycles. The molecule has 0 radical (unpaired) electrons. The lowest BCUT2D eigenvalue weighted by Gasteiger charge is -2.04. The van der Waals surface area contributed by atoms with Gasteiger partial charge in [-0.1, -0.05) is 51.9 Å². The second-order valence-corrected chi connectivity index (χ2v) is 4.88. The minimum absolute atomic E-state index is 0.131. The van der Waals surface area contributed by atoms with Crippen molar-refractivity contribution in [2.75, 3.05) is 6.54 Å². The second kappa shape index (κ2) is 14.2. The minimum Gasteiger partial charge on any atom is -0.356 e. The molecule has 0 spiro atoms. The van der Waals surface area contributed by atoms with Gasteiger partial charge in [0.25, 0.3) is 0 Å². The molecule has 0 aromatic heterocycles. The van der Waals surface area contributed by atoms with Crippen molar-refractivity contribution >= 4 is 12.2 Å². The standard InChI is InChI=1S/C15H29NO2/c1-2-3-4-5-6-7-8-9-12-15(18)16-13-10-11-14-17/h14H,2-13H2,1H3,(H,16,18). The predicted octanol–water partition coefficient (Wildman–Crippen LogP) is 3.61. The first-order chi connectivity index (χ1) is 8.81. The number of rotatable bonds is 13. The first-order valence-electron chi connectivity index (χ1n) is 7.51. The van der Waals surface area contributed by atoms with Gasteiger partial charge >= 0.3 is 0 Å². The van der Waals surface area contributed by atoms with Crippen LogP contribution in [0.25, 0.3) is 0 Å². The molecule has 0 unspecified atom stereocenters. The van der Waals surface area contributed by atoms with E-state index in [-0.39, 0.29) is 5.91 Å². The molecule has 0 atom stereocenters. The summed E-state index contributed by atoms with van der Waals surface area (Å²) in [7, 11) is 0. The van der Waals surface area contributed by atoms with E-state index in [0.717, 1.165) is 25.5 Å². The Balaban J connectivity index is 3.12. The largest absolute Gasteiger partial charge is 0.356 e. The number of carbonyl (C=O) groups is 2. The Bertz CT molecular complexity index is 205. The van der Waals surface area contributed by atoms with E-state index < -0.39 is 0 Å². The van der Waals surface area contributed by atoms with Crippen LogP contribution in [0, 0.1) is 0 Å². The zero-order valence-electron chi connectivity index (χ0n) is 11.9. The highest BCUT2D eigenvalue weighted by molar-refractivity contribution is 5.75. The lowest BCUT2D eigenvalue weighted by Crippen LogP contribution is -2.24. The van der Waals surface area contributed by atoms with Gasteiger partial charge in [0.1, 0.15) is 6.29 Å². The average Bonchev–Trinajstić information content (AvgIpc) is 2.38. The van der Waals surface area contributed by atoms with Gasteiger partial charge in [-0.25, -0.2) is 0 Å². The number of hydrogen-bond acceptors (Lipinski definition) is 2. The molecule has 3 nitrogen and oxygen atoms in total. The van der Waals surface area contributed by atoms with Gasteiger partial charge in [-0.3, -0.25) is 4.79 Å². The van der Waals surface area contributed by atoms with Crippen LogP contribution in [0.2, 0.25) is 0 Å². The normalized spacial score (nSPS) is 10.3. The quantitative estimate of drug-likeness (QED) is 0.403. The summed E-state index contributed by atoms with van der Waals surface area (Å²) in [5.74, 6) is 0.131. The molecule has 0 aromatic rings. The van der Waals surface area contributed by atoms with Crippen LogP contribution < -0.4 is 5.32 Å². The molecular weight excluding hydrogens is 226 g/mol. The molecule has 3 heteroatoms. The van der Waals surface area contributed by atoms with Gasteiger partial charge in [0.15, 0.2) is 0 Å². The molecule has 0 aliphatic heterocycles. The summed E-state index contributed by atoms with van der Waals surface area (Å²) in [6.07, 6.45) is 12.9. The zero-order valence-corrected chi connectivity index (χ0v) is 11.9. The SMILES string of the molecule is CCCCCCCCCCC(=O)NCCCC=O. The molecule has 1 amide bonds. The molecule has 106 valence electrons. The van der Waals surface area contributed by atoms with Crippen LogP contribution >= 0.6 is 0 Å². The highest BCUT2D eigenvalue weighted by Crippen LogP contribution is 2.09. The van der Waals surface area contributed by atoms with E-state index in [2.05, 4.69) is 12.2 Å². The summed E-state index contributed by atoms with van der Waals surface area (Å²) in [5, 5.41) is 2.84. The number of aldehydes is 1. The molecule has 0 aromatic carbocycles. The predicted molar refractivity (Wildman–Crippen MR) is 75.5 cm³/mol. The van der Waals surface area contributed by atoms with Gasteiger partial charge in [0.2, 0.25) is 5.91 Å². The average molecular weight is 255 g/mol. The summed E-state index contributed by atoms with van der Waals surface area (Å²) >= 11 is 0.